The molecule has 0 unspecified atom stereocenters. The van der Waals surface area contributed by atoms with E-state index >= 15 is 0 Å². The molecule has 0 atom stereocenters. The van der Waals surface area contributed by atoms with Crippen molar-refractivity contribution in [2.45, 2.75) is 9.79 Å². The van der Waals surface area contributed by atoms with Crippen molar-refractivity contribution < 1.29 is 14.2 Å². The molecule has 0 saturated carbocycles. The topological polar surface area (TPSA) is 27.7 Å². The van der Waals surface area contributed by atoms with E-state index in [1.165, 1.54) is 5.39 Å². The van der Waals surface area contributed by atoms with Gasteiger partial charge in [-0.1, -0.05) is 42.1 Å². The van der Waals surface area contributed by atoms with Crippen LogP contribution in [-0.2, 0) is 0 Å². The molecule has 0 radical (unpaired) electrons. The molecule has 0 aliphatic carbocycles. The van der Waals surface area contributed by atoms with E-state index in [9.17, 15) is 0 Å². The van der Waals surface area contributed by atoms with Crippen LogP contribution in [-0.4, -0.2) is 21.3 Å². The lowest BCUT2D eigenvalue weighted by Gasteiger charge is -2.13. The van der Waals surface area contributed by atoms with E-state index in [1.54, 1.807) is 33.1 Å². The Morgan fingerprint density at radius 3 is 2.10 bits per heavy atom. The fourth-order valence-corrected chi connectivity index (χ4v) is 4.35. The molecule has 0 saturated heterocycles. The molecule has 0 heterocycles. The van der Waals surface area contributed by atoms with E-state index in [-0.39, 0.29) is 0 Å². The summed E-state index contributed by atoms with van der Waals surface area (Å²) in [6.45, 7) is 0. The van der Waals surface area contributed by atoms with Crippen molar-refractivity contribution >= 4 is 22.5 Å². The van der Waals surface area contributed by atoms with Gasteiger partial charge < -0.3 is 14.2 Å². The second-order valence-electron chi connectivity index (χ2n) is 6.54. The monoisotopic (exact) mass is 402 g/mol. The lowest BCUT2D eigenvalue weighted by Crippen LogP contribution is -1.89. The van der Waals surface area contributed by atoms with Gasteiger partial charge in [-0.2, -0.15) is 0 Å². The van der Waals surface area contributed by atoms with Crippen molar-refractivity contribution in [2.75, 3.05) is 21.3 Å². The number of methoxy groups -OCH3 is 3. The molecule has 4 aromatic carbocycles. The molecular weight excluding hydrogens is 380 g/mol. The van der Waals surface area contributed by atoms with Crippen LogP contribution < -0.4 is 14.2 Å². The zero-order chi connectivity index (χ0) is 20.2. The first-order valence-corrected chi connectivity index (χ1v) is 10.1. The molecule has 0 spiro atoms. The van der Waals surface area contributed by atoms with Gasteiger partial charge in [0.15, 0.2) is 0 Å². The lowest BCUT2D eigenvalue weighted by molar-refractivity contribution is 0.406. The first-order chi connectivity index (χ1) is 14.2. The number of hydrogen-bond acceptors (Lipinski definition) is 4. The van der Waals surface area contributed by atoms with Crippen molar-refractivity contribution in [3.05, 3.63) is 78.9 Å². The highest BCUT2D eigenvalue weighted by Crippen LogP contribution is 2.41. The Morgan fingerprint density at radius 2 is 1.38 bits per heavy atom. The van der Waals surface area contributed by atoms with E-state index in [2.05, 4.69) is 48.5 Å². The van der Waals surface area contributed by atoms with Crippen molar-refractivity contribution in [3.8, 4) is 28.4 Å². The third-order valence-electron chi connectivity index (χ3n) is 4.84. The fraction of sp³-hybridized carbons (Fsp3) is 0.120. The molecule has 0 aliphatic heterocycles. The molecule has 4 rings (SSSR count). The number of hydrogen-bond donors (Lipinski definition) is 0. The van der Waals surface area contributed by atoms with Gasteiger partial charge in [-0.05, 0) is 70.4 Å². The maximum Gasteiger partial charge on any atom is 0.133 e. The highest BCUT2D eigenvalue weighted by molar-refractivity contribution is 7.99. The standard InChI is InChI=1S/C25H22O3S/c1-26-20-9-11-22(12-10-20)29-25-23-13-7-18(15-19(23)8-14-24(25)28-3)17-5-4-6-21(16-17)27-2/h4-16H,1-3H3. The molecule has 0 N–H and O–H groups in total. The normalized spacial score (nSPS) is 10.7. The van der Waals surface area contributed by atoms with Crippen molar-refractivity contribution in [3.63, 3.8) is 0 Å². The molecule has 29 heavy (non-hydrogen) atoms. The predicted octanol–water partition coefficient (Wildman–Crippen LogP) is 6.68. The van der Waals surface area contributed by atoms with Crippen molar-refractivity contribution in [1.82, 2.24) is 0 Å². The molecule has 0 aliphatic rings. The Labute approximate surface area is 175 Å². The Balaban J connectivity index is 1.76. The summed E-state index contributed by atoms with van der Waals surface area (Å²) >= 11 is 1.69. The first-order valence-electron chi connectivity index (χ1n) is 9.29. The summed E-state index contributed by atoms with van der Waals surface area (Å²) in [4.78, 5) is 2.24. The van der Waals surface area contributed by atoms with Crippen LogP contribution in [0, 0.1) is 0 Å². The SMILES string of the molecule is COc1ccc(Sc2c(OC)ccc3cc(-c4cccc(OC)c4)ccc23)cc1. The Morgan fingerprint density at radius 1 is 0.621 bits per heavy atom. The summed E-state index contributed by atoms with van der Waals surface area (Å²) in [6, 6.07) is 26.9. The van der Waals surface area contributed by atoms with Gasteiger partial charge in [0.1, 0.15) is 17.2 Å². The minimum Gasteiger partial charge on any atom is -0.497 e. The van der Waals surface area contributed by atoms with Gasteiger partial charge in [0.2, 0.25) is 0 Å². The molecular formula is C25H22O3S. The van der Waals surface area contributed by atoms with Gasteiger partial charge in [0.05, 0.1) is 26.2 Å². The zero-order valence-electron chi connectivity index (χ0n) is 16.6. The van der Waals surface area contributed by atoms with Gasteiger partial charge >= 0.3 is 0 Å². The van der Waals surface area contributed by atoms with Crippen molar-refractivity contribution in [2.24, 2.45) is 0 Å². The number of rotatable bonds is 6. The average Bonchev–Trinajstić information content (AvgIpc) is 2.79. The van der Waals surface area contributed by atoms with Crippen LogP contribution in [0.1, 0.15) is 0 Å². The molecule has 146 valence electrons. The second kappa shape index (κ2) is 8.50. The predicted molar refractivity (Wildman–Crippen MR) is 120 cm³/mol. The van der Waals surface area contributed by atoms with Crippen LogP contribution in [0.2, 0.25) is 0 Å². The number of benzene rings is 4. The Hall–Kier alpha value is -3.11. The van der Waals surface area contributed by atoms with Gasteiger partial charge in [-0.25, -0.2) is 0 Å². The average molecular weight is 403 g/mol. The van der Waals surface area contributed by atoms with E-state index in [4.69, 9.17) is 14.2 Å². The Kier molecular flexibility index (Phi) is 5.63. The maximum absolute atomic E-state index is 5.65. The van der Waals surface area contributed by atoms with E-state index in [1.807, 2.05) is 30.3 Å². The van der Waals surface area contributed by atoms with Gasteiger partial charge in [-0.3, -0.25) is 0 Å². The Bertz CT molecular complexity index is 1140. The molecule has 4 heteroatoms. The van der Waals surface area contributed by atoms with Gasteiger partial charge in [0, 0.05) is 4.90 Å². The number of ether oxygens (including phenoxy) is 3. The minimum atomic E-state index is 0.849. The highest BCUT2D eigenvalue weighted by atomic mass is 32.2. The van der Waals surface area contributed by atoms with Gasteiger partial charge in [-0.15, -0.1) is 0 Å². The number of fused-ring (bicyclic) bond motifs is 1. The van der Waals surface area contributed by atoms with Crippen LogP contribution in [0.5, 0.6) is 17.2 Å². The summed E-state index contributed by atoms with van der Waals surface area (Å²) in [6.07, 6.45) is 0. The smallest absolute Gasteiger partial charge is 0.133 e. The van der Waals surface area contributed by atoms with E-state index in [0.717, 1.165) is 43.6 Å². The van der Waals surface area contributed by atoms with Crippen LogP contribution >= 0.6 is 11.8 Å². The molecule has 3 nitrogen and oxygen atoms in total. The highest BCUT2D eigenvalue weighted by Gasteiger charge is 2.12. The van der Waals surface area contributed by atoms with Crippen molar-refractivity contribution in [1.29, 1.82) is 0 Å². The van der Waals surface area contributed by atoms with E-state index < -0.39 is 0 Å². The summed E-state index contributed by atoms with van der Waals surface area (Å²) in [5, 5.41) is 2.33. The summed E-state index contributed by atoms with van der Waals surface area (Å²) in [5.74, 6) is 2.57. The van der Waals surface area contributed by atoms with E-state index in [0.29, 0.717) is 0 Å². The summed E-state index contributed by atoms with van der Waals surface area (Å²) < 4.78 is 16.3. The molecule has 0 amide bonds. The molecule has 0 bridgehead atoms. The van der Waals surface area contributed by atoms with Crippen LogP contribution in [0.25, 0.3) is 21.9 Å². The van der Waals surface area contributed by atoms with Crippen LogP contribution in [0.15, 0.2) is 88.7 Å². The maximum atomic E-state index is 5.65. The minimum absolute atomic E-state index is 0.849. The lowest BCUT2D eigenvalue weighted by atomic mass is 10.0. The van der Waals surface area contributed by atoms with Crippen LogP contribution in [0.3, 0.4) is 0 Å². The molecule has 0 fully saturated rings. The third kappa shape index (κ3) is 4.03. The van der Waals surface area contributed by atoms with Crippen LogP contribution in [0.4, 0.5) is 0 Å². The first kappa shape index (κ1) is 19.2. The summed E-state index contributed by atoms with van der Waals surface area (Å²) in [5.41, 5.74) is 2.29. The largest absolute Gasteiger partial charge is 0.497 e. The fourth-order valence-electron chi connectivity index (χ4n) is 3.29. The third-order valence-corrected chi connectivity index (χ3v) is 5.97. The molecule has 4 aromatic rings. The second-order valence-corrected chi connectivity index (χ2v) is 7.63. The summed E-state index contributed by atoms with van der Waals surface area (Å²) in [7, 11) is 5.08. The molecule has 0 aromatic heterocycles. The van der Waals surface area contributed by atoms with Gasteiger partial charge in [0.25, 0.3) is 0 Å². The zero-order valence-corrected chi connectivity index (χ0v) is 17.5. The quantitative estimate of drug-likeness (QED) is 0.359.